The first kappa shape index (κ1) is 21.1. The molecule has 3 rings (SSSR count). The summed E-state index contributed by atoms with van der Waals surface area (Å²) in [4.78, 5) is 2.67. The molecule has 4 heteroatoms. The van der Waals surface area contributed by atoms with Crippen LogP contribution >= 0.6 is 0 Å². The number of quaternary nitrogens is 1. The van der Waals surface area contributed by atoms with E-state index in [0.717, 1.165) is 25.9 Å². The van der Waals surface area contributed by atoms with E-state index >= 15 is 0 Å². The fourth-order valence-electron chi connectivity index (χ4n) is 4.89. The predicted octanol–water partition coefficient (Wildman–Crippen LogP) is 0.455. The van der Waals surface area contributed by atoms with Crippen LogP contribution in [0.25, 0.3) is 0 Å². The van der Waals surface area contributed by atoms with Crippen LogP contribution in [0.15, 0.2) is 30.3 Å². The van der Waals surface area contributed by atoms with Crippen LogP contribution in [0.2, 0.25) is 0 Å². The van der Waals surface area contributed by atoms with Gasteiger partial charge in [0.25, 0.3) is 0 Å². The molecule has 1 N–H and O–H groups in total. The zero-order valence-electron chi connectivity index (χ0n) is 15.9. The van der Waals surface area contributed by atoms with Gasteiger partial charge in [0.15, 0.2) is 0 Å². The van der Waals surface area contributed by atoms with E-state index in [0.29, 0.717) is 12.0 Å². The van der Waals surface area contributed by atoms with Gasteiger partial charge in [0, 0.05) is 25.0 Å². The highest BCUT2D eigenvalue weighted by Crippen LogP contribution is 2.39. The minimum absolute atomic E-state index is 0. The Kier molecular flexibility index (Phi) is 8.18. The van der Waals surface area contributed by atoms with E-state index in [9.17, 15) is 5.11 Å². The number of hydrogen-bond acceptors (Lipinski definition) is 2. The number of nitrogens with zero attached hydrogens (tertiary/aromatic N) is 2. The van der Waals surface area contributed by atoms with E-state index in [4.69, 9.17) is 0 Å². The highest BCUT2D eigenvalue weighted by Gasteiger charge is 2.38. The highest BCUT2D eigenvalue weighted by atomic mass is 127. The summed E-state index contributed by atoms with van der Waals surface area (Å²) in [5, 5.41) is 10.7. The Labute approximate surface area is 171 Å². The van der Waals surface area contributed by atoms with Crippen LogP contribution in [0.1, 0.15) is 50.6 Å². The van der Waals surface area contributed by atoms with Gasteiger partial charge in [-0.05, 0) is 24.8 Å². The van der Waals surface area contributed by atoms with Gasteiger partial charge in [0.1, 0.15) is 0 Å². The summed E-state index contributed by atoms with van der Waals surface area (Å²) in [6.07, 6.45) is 5.72. The van der Waals surface area contributed by atoms with E-state index in [1.54, 1.807) is 0 Å². The second-order valence-electron chi connectivity index (χ2n) is 8.20. The number of halogens is 1. The van der Waals surface area contributed by atoms with Crippen LogP contribution in [0.5, 0.6) is 0 Å². The molecule has 2 fully saturated rings. The van der Waals surface area contributed by atoms with Gasteiger partial charge in [-0.15, -0.1) is 0 Å². The van der Waals surface area contributed by atoms with E-state index in [2.05, 4.69) is 49.2 Å². The van der Waals surface area contributed by atoms with Gasteiger partial charge in [-0.25, -0.2) is 0 Å². The number of rotatable bonds is 5. The first-order valence-electron chi connectivity index (χ1n) is 9.93. The molecule has 3 nitrogen and oxygen atoms in total. The maximum Gasteiger partial charge on any atom is 0.0914 e. The molecular formula is C21H35IN2O. The molecule has 1 heterocycles. The number of piperazine rings is 1. The lowest BCUT2D eigenvalue weighted by Gasteiger charge is -2.47. The van der Waals surface area contributed by atoms with Crippen molar-refractivity contribution in [1.82, 2.24) is 4.90 Å². The Bertz CT molecular complexity index is 502. The summed E-state index contributed by atoms with van der Waals surface area (Å²) in [6, 6.07) is 11.3. The molecule has 142 valence electrons. The Morgan fingerprint density at radius 2 is 1.76 bits per heavy atom. The van der Waals surface area contributed by atoms with E-state index in [1.165, 1.54) is 48.9 Å². The average molecular weight is 458 g/mol. The van der Waals surface area contributed by atoms with Gasteiger partial charge >= 0.3 is 0 Å². The molecule has 1 saturated carbocycles. The minimum Gasteiger partial charge on any atom is -1.00 e. The molecule has 1 aliphatic heterocycles. The SMILES string of the molecule is CCC[N+]1(C)CCN(C(c2ccccc2)C2CCCCC2O)CC1.[I-]. The molecule has 1 aromatic carbocycles. The van der Waals surface area contributed by atoms with Crippen molar-refractivity contribution in [1.29, 1.82) is 0 Å². The van der Waals surface area contributed by atoms with Gasteiger partial charge in [-0.1, -0.05) is 50.1 Å². The molecule has 0 amide bonds. The fraction of sp³-hybridized carbons (Fsp3) is 0.714. The number of likely N-dealkylation sites (N-methyl/N-ethyl adjacent to an activating group) is 1. The van der Waals surface area contributed by atoms with Gasteiger partial charge in [0.05, 0.1) is 32.8 Å². The van der Waals surface area contributed by atoms with Crippen LogP contribution < -0.4 is 24.0 Å². The van der Waals surface area contributed by atoms with Crippen LogP contribution in [0.3, 0.4) is 0 Å². The topological polar surface area (TPSA) is 23.5 Å². The zero-order chi connectivity index (χ0) is 17.0. The molecule has 3 unspecified atom stereocenters. The molecule has 25 heavy (non-hydrogen) atoms. The number of aliphatic hydroxyl groups excluding tert-OH is 1. The van der Waals surface area contributed by atoms with Gasteiger partial charge in [0.2, 0.25) is 0 Å². The standard InChI is InChI=1S/C21H35N2O.HI/c1-3-15-23(2)16-13-22(14-17-23)21(18-9-5-4-6-10-18)19-11-7-8-12-20(19)24;/h4-6,9-10,19-21,24H,3,7-8,11-17H2,1-2H3;1H/q+1;/p-1. The molecule has 2 aliphatic rings. The van der Waals surface area contributed by atoms with Gasteiger partial charge in [-0.3, -0.25) is 4.90 Å². The summed E-state index contributed by atoms with van der Waals surface area (Å²) in [5.74, 6) is 0.393. The van der Waals surface area contributed by atoms with Crippen LogP contribution in [-0.4, -0.2) is 60.4 Å². The van der Waals surface area contributed by atoms with E-state index in [1.807, 2.05) is 0 Å². The second kappa shape index (κ2) is 9.67. The first-order chi connectivity index (χ1) is 11.6. The van der Waals surface area contributed by atoms with E-state index < -0.39 is 0 Å². The van der Waals surface area contributed by atoms with Crippen molar-refractivity contribution in [3.8, 4) is 0 Å². The third-order valence-electron chi connectivity index (χ3n) is 6.34. The molecule has 0 spiro atoms. The van der Waals surface area contributed by atoms with Crippen molar-refractivity contribution in [3.05, 3.63) is 35.9 Å². The largest absolute Gasteiger partial charge is 1.00 e. The van der Waals surface area contributed by atoms with Crippen molar-refractivity contribution < 1.29 is 33.6 Å². The van der Waals surface area contributed by atoms with Gasteiger partial charge in [-0.2, -0.15) is 0 Å². The lowest BCUT2D eigenvalue weighted by atomic mass is 9.78. The number of aliphatic hydroxyl groups is 1. The lowest BCUT2D eigenvalue weighted by Crippen LogP contribution is -3.00. The second-order valence-corrected chi connectivity index (χ2v) is 8.20. The predicted molar refractivity (Wildman–Crippen MR) is 99.8 cm³/mol. The van der Waals surface area contributed by atoms with Crippen molar-refractivity contribution in [2.45, 2.75) is 51.2 Å². The quantitative estimate of drug-likeness (QED) is 0.512. The van der Waals surface area contributed by atoms with Crippen LogP contribution in [-0.2, 0) is 0 Å². The monoisotopic (exact) mass is 458 g/mol. The molecule has 0 radical (unpaired) electrons. The molecule has 1 aliphatic carbocycles. The lowest BCUT2D eigenvalue weighted by molar-refractivity contribution is -0.914. The Balaban J connectivity index is 0.00000225. The Morgan fingerprint density at radius 3 is 2.36 bits per heavy atom. The summed E-state index contributed by atoms with van der Waals surface area (Å²) in [7, 11) is 2.41. The fourth-order valence-corrected chi connectivity index (χ4v) is 4.89. The molecule has 0 aromatic heterocycles. The maximum absolute atomic E-state index is 10.7. The van der Waals surface area contributed by atoms with E-state index in [-0.39, 0.29) is 30.1 Å². The molecule has 1 saturated heterocycles. The molecule has 0 bridgehead atoms. The highest BCUT2D eigenvalue weighted by molar-refractivity contribution is 5.20. The zero-order valence-corrected chi connectivity index (χ0v) is 18.1. The summed E-state index contributed by atoms with van der Waals surface area (Å²) in [6.45, 7) is 8.36. The third kappa shape index (κ3) is 5.18. The van der Waals surface area contributed by atoms with Crippen molar-refractivity contribution in [3.63, 3.8) is 0 Å². The normalized spacial score (nSPS) is 28.1. The molecule has 3 atom stereocenters. The summed E-state index contributed by atoms with van der Waals surface area (Å²) >= 11 is 0. The smallest absolute Gasteiger partial charge is 0.0914 e. The minimum atomic E-state index is -0.137. The number of hydrogen-bond donors (Lipinski definition) is 1. The average Bonchev–Trinajstić information content (AvgIpc) is 2.60. The van der Waals surface area contributed by atoms with Crippen molar-refractivity contribution >= 4 is 0 Å². The summed E-state index contributed by atoms with van der Waals surface area (Å²) in [5.41, 5.74) is 1.40. The maximum atomic E-state index is 10.7. The van der Waals surface area contributed by atoms with Crippen LogP contribution in [0, 0.1) is 5.92 Å². The third-order valence-corrected chi connectivity index (χ3v) is 6.34. The number of benzene rings is 1. The Morgan fingerprint density at radius 1 is 1.12 bits per heavy atom. The van der Waals surface area contributed by atoms with Crippen molar-refractivity contribution in [2.75, 3.05) is 39.8 Å². The van der Waals surface area contributed by atoms with Crippen LogP contribution in [0.4, 0.5) is 0 Å². The molecular weight excluding hydrogens is 423 g/mol. The Hall–Kier alpha value is -0.170. The van der Waals surface area contributed by atoms with Crippen molar-refractivity contribution in [2.24, 2.45) is 5.92 Å². The molecule has 1 aromatic rings. The van der Waals surface area contributed by atoms with Gasteiger partial charge < -0.3 is 33.6 Å². The first-order valence-corrected chi connectivity index (χ1v) is 9.93. The summed E-state index contributed by atoms with van der Waals surface area (Å²) < 4.78 is 1.21.